The average molecular weight is 531 g/mol. The summed E-state index contributed by atoms with van der Waals surface area (Å²) in [5.74, 6) is -0.741. The lowest BCUT2D eigenvalue weighted by atomic mass is 10.0. The number of carbonyl (C=O) groups is 2. The first-order chi connectivity index (χ1) is 17.3. The van der Waals surface area contributed by atoms with Gasteiger partial charge < -0.3 is 15.0 Å². The Morgan fingerprint density at radius 2 is 1.72 bits per heavy atom. The lowest BCUT2D eigenvalue weighted by Gasteiger charge is -2.32. The number of benzene rings is 3. The molecule has 0 unspecified atom stereocenters. The zero-order valence-electron chi connectivity index (χ0n) is 20.2. The summed E-state index contributed by atoms with van der Waals surface area (Å²) < 4.78 is 18.9. The summed E-state index contributed by atoms with van der Waals surface area (Å²) in [6.07, 6.45) is 1.05. The number of hydrogen-bond acceptors (Lipinski definition) is 3. The molecule has 0 aliphatic carbocycles. The molecule has 190 valence electrons. The predicted molar refractivity (Wildman–Crippen MR) is 141 cm³/mol. The highest BCUT2D eigenvalue weighted by molar-refractivity contribution is 6.35. The van der Waals surface area contributed by atoms with Crippen molar-refractivity contribution in [1.82, 2.24) is 10.2 Å². The predicted octanol–water partition coefficient (Wildman–Crippen LogP) is 6.07. The fraction of sp³-hybridized carbons (Fsp3) is 0.286. The largest absolute Gasteiger partial charge is 0.484 e. The number of nitrogens with zero attached hydrogens (tertiary/aromatic N) is 1. The highest BCUT2D eigenvalue weighted by Gasteiger charge is 2.31. The Labute approximate surface area is 221 Å². The van der Waals surface area contributed by atoms with E-state index in [0.717, 1.165) is 12.0 Å². The number of hydrogen-bond donors (Lipinski definition) is 1. The van der Waals surface area contributed by atoms with Crippen LogP contribution < -0.4 is 10.1 Å². The molecular formula is C28H29Cl2FN2O3. The maximum absolute atomic E-state index is 13.5. The first-order valence-corrected chi connectivity index (χ1v) is 12.5. The molecule has 0 heterocycles. The Morgan fingerprint density at radius 1 is 1.03 bits per heavy atom. The number of carbonyl (C=O) groups excluding carboxylic acids is 2. The maximum atomic E-state index is 13.5. The first-order valence-electron chi connectivity index (χ1n) is 11.7. The minimum absolute atomic E-state index is 0.0673. The van der Waals surface area contributed by atoms with Gasteiger partial charge in [-0.15, -0.1) is 0 Å². The van der Waals surface area contributed by atoms with Crippen molar-refractivity contribution in [3.63, 3.8) is 0 Å². The molecule has 0 fully saturated rings. The van der Waals surface area contributed by atoms with Crippen molar-refractivity contribution in [3.8, 4) is 5.75 Å². The van der Waals surface area contributed by atoms with Gasteiger partial charge in [-0.1, -0.05) is 66.5 Å². The number of rotatable bonds is 11. The van der Waals surface area contributed by atoms with E-state index >= 15 is 0 Å². The smallest absolute Gasteiger partial charge is 0.261 e. The summed E-state index contributed by atoms with van der Waals surface area (Å²) in [6.45, 7) is 3.63. The average Bonchev–Trinajstić information content (AvgIpc) is 2.87. The SMILES string of the molecule is CC[C@H](C)NC(=O)[C@@H](Cc1ccccc1)N(Cc1ccc(Cl)cc1Cl)C(=O)COc1ccc(F)cc1. The molecule has 0 spiro atoms. The Morgan fingerprint density at radius 3 is 2.36 bits per heavy atom. The summed E-state index contributed by atoms with van der Waals surface area (Å²) in [5.41, 5.74) is 1.55. The fourth-order valence-electron chi connectivity index (χ4n) is 3.59. The summed E-state index contributed by atoms with van der Waals surface area (Å²) in [5, 5.41) is 3.86. The number of nitrogens with one attached hydrogen (secondary N) is 1. The molecule has 0 saturated carbocycles. The minimum Gasteiger partial charge on any atom is -0.484 e. The maximum Gasteiger partial charge on any atom is 0.261 e. The van der Waals surface area contributed by atoms with Gasteiger partial charge in [0.15, 0.2) is 6.61 Å². The van der Waals surface area contributed by atoms with E-state index < -0.39 is 17.8 Å². The molecule has 0 aliphatic heterocycles. The van der Waals surface area contributed by atoms with Gasteiger partial charge >= 0.3 is 0 Å². The van der Waals surface area contributed by atoms with E-state index in [1.807, 2.05) is 44.2 Å². The van der Waals surface area contributed by atoms with Crippen LogP contribution in [0.25, 0.3) is 0 Å². The standard InChI is InChI=1S/C28H29Cl2FN2O3/c1-3-19(2)32-28(35)26(15-20-7-5-4-6-8-20)33(17-21-9-10-22(29)16-25(21)30)27(34)18-36-24-13-11-23(31)12-14-24/h4-14,16,19,26H,3,15,17-18H2,1-2H3,(H,32,35)/t19-,26+/m0/s1. The summed E-state index contributed by atoms with van der Waals surface area (Å²) >= 11 is 12.5. The van der Waals surface area contributed by atoms with Gasteiger partial charge in [0.2, 0.25) is 5.91 Å². The third-order valence-corrected chi connectivity index (χ3v) is 6.39. The van der Waals surface area contributed by atoms with Crippen LogP contribution in [0.5, 0.6) is 5.75 Å². The van der Waals surface area contributed by atoms with Gasteiger partial charge in [0, 0.05) is 29.1 Å². The normalized spacial score (nSPS) is 12.5. The van der Waals surface area contributed by atoms with Crippen molar-refractivity contribution >= 4 is 35.0 Å². The van der Waals surface area contributed by atoms with Crippen LogP contribution in [0.15, 0.2) is 72.8 Å². The van der Waals surface area contributed by atoms with Crippen molar-refractivity contribution in [1.29, 1.82) is 0 Å². The Kier molecular flexibility index (Phi) is 10.1. The second-order valence-electron chi connectivity index (χ2n) is 8.52. The van der Waals surface area contributed by atoms with Crippen LogP contribution in [0.3, 0.4) is 0 Å². The van der Waals surface area contributed by atoms with E-state index in [9.17, 15) is 14.0 Å². The lowest BCUT2D eigenvalue weighted by Crippen LogP contribution is -2.53. The van der Waals surface area contributed by atoms with Crippen molar-refractivity contribution in [3.05, 3.63) is 99.8 Å². The molecule has 3 aromatic rings. The highest BCUT2D eigenvalue weighted by Crippen LogP contribution is 2.24. The first kappa shape index (κ1) is 27.5. The van der Waals surface area contributed by atoms with Gasteiger partial charge in [-0.05, 0) is 60.9 Å². The van der Waals surface area contributed by atoms with Gasteiger partial charge in [-0.2, -0.15) is 0 Å². The zero-order chi connectivity index (χ0) is 26.1. The Bertz CT molecular complexity index is 1160. The van der Waals surface area contributed by atoms with E-state index in [0.29, 0.717) is 27.8 Å². The Balaban J connectivity index is 1.93. The monoisotopic (exact) mass is 530 g/mol. The summed E-state index contributed by atoms with van der Waals surface area (Å²) in [7, 11) is 0. The van der Waals surface area contributed by atoms with Gasteiger partial charge in [-0.3, -0.25) is 9.59 Å². The molecule has 2 amide bonds. The van der Waals surface area contributed by atoms with E-state index in [1.165, 1.54) is 29.2 Å². The van der Waals surface area contributed by atoms with Crippen LogP contribution in [0.4, 0.5) is 4.39 Å². The fourth-order valence-corrected chi connectivity index (χ4v) is 4.06. The van der Waals surface area contributed by atoms with E-state index in [2.05, 4.69) is 5.32 Å². The van der Waals surface area contributed by atoms with Gasteiger partial charge in [0.1, 0.15) is 17.6 Å². The van der Waals surface area contributed by atoms with Gasteiger partial charge in [-0.25, -0.2) is 4.39 Å². The number of amides is 2. The summed E-state index contributed by atoms with van der Waals surface area (Å²) in [6, 6.07) is 19.0. The quantitative estimate of drug-likeness (QED) is 0.327. The van der Waals surface area contributed by atoms with Crippen LogP contribution in [0, 0.1) is 5.82 Å². The van der Waals surface area contributed by atoms with Crippen LogP contribution >= 0.6 is 23.2 Å². The molecule has 0 radical (unpaired) electrons. The van der Waals surface area contributed by atoms with Crippen molar-refractivity contribution in [2.45, 2.75) is 45.3 Å². The molecule has 0 saturated heterocycles. The second kappa shape index (κ2) is 13.3. The molecule has 0 bridgehead atoms. The van der Waals surface area contributed by atoms with Crippen LogP contribution in [0.2, 0.25) is 10.0 Å². The third-order valence-electron chi connectivity index (χ3n) is 5.80. The molecule has 3 rings (SSSR count). The van der Waals surface area contributed by atoms with Crippen molar-refractivity contribution in [2.24, 2.45) is 0 Å². The molecule has 8 heteroatoms. The molecule has 0 aliphatic rings. The zero-order valence-corrected chi connectivity index (χ0v) is 21.7. The molecule has 0 aromatic heterocycles. The van der Waals surface area contributed by atoms with E-state index in [-0.39, 0.29) is 25.1 Å². The number of halogens is 3. The molecule has 1 N–H and O–H groups in total. The lowest BCUT2D eigenvalue weighted by molar-refractivity contribution is -0.143. The van der Waals surface area contributed by atoms with Crippen LogP contribution in [-0.4, -0.2) is 35.4 Å². The molecule has 2 atom stereocenters. The van der Waals surface area contributed by atoms with Crippen molar-refractivity contribution < 1.29 is 18.7 Å². The molecule has 5 nitrogen and oxygen atoms in total. The van der Waals surface area contributed by atoms with E-state index in [1.54, 1.807) is 18.2 Å². The third kappa shape index (κ3) is 7.97. The van der Waals surface area contributed by atoms with Gasteiger partial charge in [0.25, 0.3) is 5.91 Å². The van der Waals surface area contributed by atoms with Crippen LogP contribution in [0.1, 0.15) is 31.4 Å². The second-order valence-corrected chi connectivity index (χ2v) is 9.37. The molecular weight excluding hydrogens is 502 g/mol. The number of ether oxygens (including phenoxy) is 1. The highest BCUT2D eigenvalue weighted by atomic mass is 35.5. The van der Waals surface area contributed by atoms with Crippen molar-refractivity contribution in [2.75, 3.05) is 6.61 Å². The topological polar surface area (TPSA) is 58.6 Å². The van der Waals surface area contributed by atoms with E-state index in [4.69, 9.17) is 27.9 Å². The molecule has 36 heavy (non-hydrogen) atoms. The Hall–Kier alpha value is -3.09. The minimum atomic E-state index is -0.822. The van der Waals surface area contributed by atoms with Crippen LogP contribution in [-0.2, 0) is 22.6 Å². The molecule has 3 aromatic carbocycles. The summed E-state index contributed by atoms with van der Waals surface area (Å²) in [4.78, 5) is 28.5. The van der Waals surface area contributed by atoms with Gasteiger partial charge in [0.05, 0.1) is 0 Å².